The Labute approximate surface area is 170 Å². The molecule has 3 aromatic rings. The zero-order valence-electron chi connectivity index (χ0n) is 17.6. The third-order valence-corrected chi connectivity index (χ3v) is 4.71. The molecule has 0 saturated carbocycles. The van der Waals surface area contributed by atoms with Gasteiger partial charge in [0.2, 0.25) is 5.75 Å². The smallest absolute Gasteiger partial charge is 0.262 e. The summed E-state index contributed by atoms with van der Waals surface area (Å²) in [7, 11) is 10.2. The van der Waals surface area contributed by atoms with Gasteiger partial charge in [0.25, 0.3) is 5.91 Å². The van der Waals surface area contributed by atoms with Crippen LogP contribution >= 0.6 is 0 Å². The molecule has 0 fully saturated rings. The van der Waals surface area contributed by atoms with Crippen LogP contribution in [0.15, 0.2) is 36.5 Å². The van der Waals surface area contributed by atoms with Crippen molar-refractivity contribution in [3.05, 3.63) is 47.7 Å². The highest BCUT2D eigenvalue weighted by molar-refractivity contribution is 6.04. The number of fused-ring (bicyclic) bond motifs is 1. The first-order valence-corrected chi connectivity index (χ1v) is 9.10. The molecule has 1 aromatic heterocycles. The first-order chi connectivity index (χ1) is 13.9. The number of nitrogens with zero attached hydrogens (tertiary/aromatic N) is 2. The molecular formula is C22H26N2O5. The van der Waals surface area contributed by atoms with Gasteiger partial charge in [0.05, 0.1) is 34.0 Å². The van der Waals surface area contributed by atoms with E-state index in [4.69, 9.17) is 18.9 Å². The molecule has 7 nitrogen and oxygen atoms in total. The average molecular weight is 398 g/mol. The van der Waals surface area contributed by atoms with Crippen LogP contribution < -0.4 is 18.9 Å². The van der Waals surface area contributed by atoms with Crippen LogP contribution in [0.2, 0.25) is 0 Å². The molecule has 0 saturated heterocycles. The van der Waals surface area contributed by atoms with Crippen molar-refractivity contribution in [3.8, 4) is 23.0 Å². The number of rotatable bonds is 7. The Morgan fingerprint density at radius 1 is 0.931 bits per heavy atom. The maximum absolute atomic E-state index is 13.4. The SMILES string of the molecule is COc1ccc2c(c1)c(CN(C)C)cn2C(=O)c1cc(OC)c(OC)c(OC)c1. The van der Waals surface area contributed by atoms with E-state index in [0.29, 0.717) is 29.4 Å². The second-order valence-corrected chi connectivity index (χ2v) is 6.86. The van der Waals surface area contributed by atoms with Crippen LogP contribution in [0.3, 0.4) is 0 Å². The number of carbonyl (C=O) groups is 1. The molecule has 2 aromatic carbocycles. The molecule has 0 atom stereocenters. The molecule has 154 valence electrons. The number of hydrogen-bond acceptors (Lipinski definition) is 6. The predicted molar refractivity (Wildman–Crippen MR) is 112 cm³/mol. The summed E-state index contributed by atoms with van der Waals surface area (Å²) in [5.41, 5.74) is 2.27. The van der Waals surface area contributed by atoms with Gasteiger partial charge in [-0.15, -0.1) is 0 Å². The molecule has 29 heavy (non-hydrogen) atoms. The van der Waals surface area contributed by atoms with Gasteiger partial charge >= 0.3 is 0 Å². The van der Waals surface area contributed by atoms with E-state index in [-0.39, 0.29) is 5.91 Å². The molecule has 0 aliphatic carbocycles. The molecule has 3 rings (SSSR count). The van der Waals surface area contributed by atoms with Crippen molar-refractivity contribution in [2.45, 2.75) is 6.54 Å². The molecule has 0 radical (unpaired) electrons. The van der Waals surface area contributed by atoms with Crippen molar-refractivity contribution in [3.63, 3.8) is 0 Å². The zero-order valence-corrected chi connectivity index (χ0v) is 17.6. The van der Waals surface area contributed by atoms with Crippen molar-refractivity contribution in [2.75, 3.05) is 42.5 Å². The summed E-state index contributed by atoms with van der Waals surface area (Å²) in [6, 6.07) is 9.01. The van der Waals surface area contributed by atoms with E-state index in [9.17, 15) is 4.79 Å². The third-order valence-electron chi connectivity index (χ3n) is 4.71. The molecule has 0 spiro atoms. The van der Waals surface area contributed by atoms with Crippen molar-refractivity contribution in [1.82, 2.24) is 9.47 Å². The Hall–Kier alpha value is -3.19. The summed E-state index contributed by atoms with van der Waals surface area (Å²) in [5.74, 6) is 1.87. The largest absolute Gasteiger partial charge is 0.497 e. The van der Waals surface area contributed by atoms with Gasteiger partial charge in [-0.2, -0.15) is 0 Å². The van der Waals surface area contributed by atoms with Crippen molar-refractivity contribution < 1.29 is 23.7 Å². The summed E-state index contributed by atoms with van der Waals surface area (Å²) in [6.45, 7) is 0.694. The van der Waals surface area contributed by atoms with Crippen LogP contribution in [0.1, 0.15) is 15.9 Å². The average Bonchev–Trinajstić information content (AvgIpc) is 3.08. The Morgan fingerprint density at radius 2 is 1.59 bits per heavy atom. The highest BCUT2D eigenvalue weighted by Crippen LogP contribution is 2.38. The maximum atomic E-state index is 13.4. The normalized spacial score (nSPS) is 11.0. The van der Waals surface area contributed by atoms with E-state index in [1.807, 2.05) is 38.5 Å². The van der Waals surface area contributed by atoms with E-state index in [0.717, 1.165) is 22.2 Å². The predicted octanol–water partition coefficient (Wildman–Crippen LogP) is 3.43. The molecular weight excluding hydrogens is 372 g/mol. The monoisotopic (exact) mass is 398 g/mol. The first kappa shape index (κ1) is 20.5. The van der Waals surface area contributed by atoms with Crippen LogP contribution in [0.5, 0.6) is 23.0 Å². The van der Waals surface area contributed by atoms with Crippen molar-refractivity contribution in [1.29, 1.82) is 0 Å². The molecule has 0 aliphatic rings. The topological polar surface area (TPSA) is 62.2 Å². The fourth-order valence-corrected chi connectivity index (χ4v) is 3.38. The molecule has 0 unspecified atom stereocenters. The summed E-state index contributed by atoms with van der Waals surface area (Å²) >= 11 is 0. The lowest BCUT2D eigenvalue weighted by molar-refractivity contribution is 0.0964. The van der Waals surface area contributed by atoms with E-state index < -0.39 is 0 Å². The van der Waals surface area contributed by atoms with Gasteiger partial charge in [0, 0.05) is 23.7 Å². The minimum Gasteiger partial charge on any atom is -0.497 e. The van der Waals surface area contributed by atoms with Gasteiger partial charge in [-0.25, -0.2) is 0 Å². The molecule has 7 heteroatoms. The molecule has 0 bridgehead atoms. The van der Waals surface area contributed by atoms with Gasteiger partial charge in [0.1, 0.15) is 5.75 Å². The van der Waals surface area contributed by atoms with Gasteiger partial charge in [-0.1, -0.05) is 0 Å². The number of benzene rings is 2. The summed E-state index contributed by atoms with van der Waals surface area (Å²) in [4.78, 5) is 15.5. The van der Waals surface area contributed by atoms with Crippen LogP contribution in [0.25, 0.3) is 10.9 Å². The highest BCUT2D eigenvalue weighted by atomic mass is 16.5. The molecule has 0 N–H and O–H groups in total. The zero-order chi connectivity index (χ0) is 21.1. The van der Waals surface area contributed by atoms with Gasteiger partial charge in [0.15, 0.2) is 11.5 Å². The Morgan fingerprint density at radius 3 is 2.10 bits per heavy atom. The fraction of sp³-hybridized carbons (Fsp3) is 0.318. The third kappa shape index (κ3) is 3.86. The van der Waals surface area contributed by atoms with Crippen molar-refractivity contribution in [2.24, 2.45) is 0 Å². The summed E-state index contributed by atoms with van der Waals surface area (Å²) < 4.78 is 23.2. The van der Waals surface area contributed by atoms with Crippen LogP contribution in [0, 0.1) is 0 Å². The van der Waals surface area contributed by atoms with Crippen LogP contribution in [-0.4, -0.2) is 57.9 Å². The minimum atomic E-state index is -0.190. The quantitative estimate of drug-likeness (QED) is 0.608. The molecule has 0 amide bonds. The Bertz CT molecular complexity index is 1010. The number of carbonyl (C=O) groups excluding carboxylic acids is 1. The second kappa shape index (κ2) is 8.45. The Balaban J connectivity index is 2.16. The van der Waals surface area contributed by atoms with Gasteiger partial charge in [-0.3, -0.25) is 9.36 Å². The van der Waals surface area contributed by atoms with Gasteiger partial charge in [-0.05, 0) is 50.0 Å². The molecule has 1 heterocycles. The molecule has 0 aliphatic heterocycles. The highest BCUT2D eigenvalue weighted by Gasteiger charge is 2.21. The van der Waals surface area contributed by atoms with Crippen LogP contribution in [0.4, 0.5) is 0 Å². The number of hydrogen-bond donors (Lipinski definition) is 0. The summed E-state index contributed by atoms with van der Waals surface area (Å²) in [6.07, 6.45) is 1.87. The lowest BCUT2D eigenvalue weighted by atomic mass is 10.1. The standard InChI is InChI=1S/C22H26N2O5/c1-23(2)12-15-13-24(18-8-7-16(26-3)11-17(15)18)22(25)14-9-19(27-4)21(29-6)20(10-14)28-5/h7-11,13H,12H2,1-6H3. The Kier molecular flexibility index (Phi) is 5.98. The van der Waals surface area contributed by atoms with E-state index in [1.165, 1.54) is 21.3 Å². The number of aromatic nitrogens is 1. The van der Waals surface area contributed by atoms with Gasteiger partial charge < -0.3 is 23.8 Å². The van der Waals surface area contributed by atoms with Crippen molar-refractivity contribution >= 4 is 16.8 Å². The first-order valence-electron chi connectivity index (χ1n) is 9.10. The number of methoxy groups -OCH3 is 4. The summed E-state index contributed by atoms with van der Waals surface area (Å²) in [5, 5.41) is 0.971. The van der Waals surface area contributed by atoms with Crippen LogP contribution in [-0.2, 0) is 6.54 Å². The van der Waals surface area contributed by atoms with E-state index in [1.54, 1.807) is 23.8 Å². The number of ether oxygens (including phenoxy) is 4. The van der Waals surface area contributed by atoms with E-state index in [2.05, 4.69) is 4.90 Å². The minimum absolute atomic E-state index is 0.190. The lowest BCUT2D eigenvalue weighted by Crippen LogP contribution is -2.12. The lowest BCUT2D eigenvalue weighted by Gasteiger charge is -2.14. The van der Waals surface area contributed by atoms with E-state index >= 15 is 0 Å². The maximum Gasteiger partial charge on any atom is 0.262 e. The second-order valence-electron chi connectivity index (χ2n) is 6.86. The fourth-order valence-electron chi connectivity index (χ4n) is 3.38.